The zero-order valence-electron chi connectivity index (χ0n) is 23.3. The van der Waals surface area contributed by atoms with Crippen LogP contribution in [-0.2, 0) is 19.9 Å². The van der Waals surface area contributed by atoms with Gasteiger partial charge in [0.25, 0.3) is 0 Å². The zero-order chi connectivity index (χ0) is 28.2. The summed E-state index contributed by atoms with van der Waals surface area (Å²) < 4.78 is 8.61. The second-order valence-electron chi connectivity index (χ2n) is 12.2. The summed E-state index contributed by atoms with van der Waals surface area (Å²) in [6, 6.07) is -0.543. The maximum Gasteiger partial charge on any atom is 0.409 e. The lowest BCUT2D eigenvalue weighted by Gasteiger charge is -2.60. The van der Waals surface area contributed by atoms with Crippen LogP contribution in [0.2, 0.25) is 5.28 Å². The number of aromatic nitrogens is 5. The van der Waals surface area contributed by atoms with Crippen molar-refractivity contribution in [3.05, 3.63) is 23.5 Å². The predicted octanol–water partition coefficient (Wildman–Crippen LogP) is 3.23. The highest BCUT2D eigenvalue weighted by atomic mass is 35.5. The fraction of sp³-hybridized carbons (Fsp3) is 0.704. The third-order valence-electron chi connectivity index (χ3n) is 9.50. The molecule has 1 aliphatic heterocycles. The van der Waals surface area contributed by atoms with Crippen LogP contribution in [0.25, 0.3) is 0 Å². The first-order valence-corrected chi connectivity index (χ1v) is 14.6. The molecule has 4 saturated carbocycles. The first-order valence-electron chi connectivity index (χ1n) is 14.3. The highest BCUT2D eigenvalue weighted by Crippen LogP contribution is 2.64. The molecule has 1 N–H and O–H groups in total. The van der Waals surface area contributed by atoms with Gasteiger partial charge in [0, 0.05) is 32.4 Å². The Bertz CT molecular complexity index is 1300. The number of anilines is 1. The Balaban J connectivity index is 1.13. The van der Waals surface area contributed by atoms with Crippen molar-refractivity contribution < 1.29 is 19.1 Å². The van der Waals surface area contributed by atoms with Crippen molar-refractivity contribution in [2.24, 2.45) is 17.3 Å². The summed E-state index contributed by atoms with van der Waals surface area (Å²) in [6.45, 7) is 7.50. The van der Waals surface area contributed by atoms with E-state index in [1.54, 1.807) is 33.9 Å². The molecule has 216 valence electrons. The third-order valence-corrected chi connectivity index (χ3v) is 9.67. The van der Waals surface area contributed by atoms with Crippen LogP contribution in [0, 0.1) is 24.2 Å². The molecule has 0 spiro atoms. The van der Waals surface area contributed by atoms with Gasteiger partial charge < -0.3 is 19.9 Å². The molecule has 3 unspecified atom stereocenters. The predicted molar refractivity (Wildman–Crippen MR) is 146 cm³/mol. The maximum atomic E-state index is 14.0. The van der Waals surface area contributed by atoms with E-state index in [1.165, 1.54) is 0 Å². The summed E-state index contributed by atoms with van der Waals surface area (Å²) in [4.78, 5) is 46.7. The van der Waals surface area contributed by atoms with E-state index < -0.39 is 11.5 Å². The summed E-state index contributed by atoms with van der Waals surface area (Å²) in [5.74, 6) is 0.897. The number of aryl methyl sites for hydroxylation is 1. The molecule has 2 aromatic rings. The van der Waals surface area contributed by atoms with Crippen LogP contribution < -0.4 is 5.32 Å². The number of nitrogens with zero attached hydrogens (tertiary/aromatic N) is 7. The number of hydrogen-bond acceptors (Lipinski definition) is 7. The molecule has 4 bridgehead atoms. The van der Waals surface area contributed by atoms with E-state index in [0.717, 1.165) is 38.5 Å². The number of rotatable bonds is 6. The van der Waals surface area contributed by atoms with Gasteiger partial charge in [-0.1, -0.05) is 0 Å². The number of amides is 3. The Morgan fingerprint density at radius 3 is 2.40 bits per heavy atom. The molecule has 7 rings (SSSR count). The van der Waals surface area contributed by atoms with E-state index >= 15 is 0 Å². The number of carbonyl (C=O) groups excluding carboxylic acids is 3. The minimum absolute atomic E-state index is 0.0221. The minimum Gasteiger partial charge on any atom is -0.450 e. The van der Waals surface area contributed by atoms with Crippen LogP contribution in [0.5, 0.6) is 0 Å². The van der Waals surface area contributed by atoms with E-state index in [1.807, 2.05) is 18.5 Å². The van der Waals surface area contributed by atoms with Crippen molar-refractivity contribution in [1.82, 2.24) is 34.3 Å². The van der Waals surface area contributed by atoms with E-state index in [0.29, 0.717) is 56.0 Å². The van der Waals surface area contributed by atoms with E-state index in [9.17, 15) is 14.4 Å². The number of carbonyl (C=O) groups is 3. The van der Waals surface area contributed by atoms with Gasteiger partial charge >= 0.3 is 6.09 Å². The lowest BCUT2D eigenvalue weighted by atomic mass is 9.46. The quantitative estimate of drug-likeness (QED) is 0.563. The lowest BCUT2D eigenvalue weighted by Crippen LogP contribution is -2.60. The molecule has 3 atom stereocenters. The number of halogens is 1. The summed E-state index contributed by atoms with van der Waals surface area (Å²) in [7, 11) is 0. The molecule has 0 aromatic carbocycles. The second-order valence-corrected chi connectivity index (χ2v) is 12.5. The largest absolute Gasteiger partial charge is 0.450 e. The normalized spacial score (nSPS) is 29.9. The van der Waals surface area contributed by atoms with Crippen LogP contribution >= 0.6 is 11.6 Å². The standard InChI is InChI=1S/C27H37ClN8O4/c1-4-40-25(39)34-7-5-33(6-8-34)22(37)18(3)35-14-21(17(2)31-35)30-23(38)26-10-19-9-20(11-26)13-27(12-19,15-26)36-16-29-24(28)32-36/h14,16,18-20H,4-13,15H2,1-3H3,(H,30,38). The van der Waals surface area contributed by atoms with E-state index in [-0.39, 0.29) is 28.7 Å². The van der Waals surface area contributed by atoms with Gasteiger partial charge in [-0.15, -0.1) is 5.10 Å². The number of hydrogen-bond donors (Lipinski definition) is 1. The fourth-order valence-corrected chi connectivity index (χ4v) is 8.10. The highest BCUT2D eigenvalue weighted by molar-refractivity contribution is 6.28. The van der Waals surface area contributed by atoms with E-state index in [4.69, 9.17) is 16.3 Å². The average Bonchev–Trinajstić information content (AvgIpc) is 3.53. The molecule has 4 aliphatic carbocycles. The zero-order valence-corrected chi connectivity index (χ0v) is 24.1. The van der Waals surface area contributed by atoms with E-state index in [2.05, 4.69) is 20.5 Å². The molecule has 40 heavy (non-hydrogen) atoms. The van der Waals surface area contributed by atoms with Crippen LogP contribution in [-0.4, -0.2) is 85.0 Å². The van der Waals surface area contributed by atoms with Gasteiger partial charge in [0.1, 0.15) is 12.4 Å². The molecule has 13 heteroatoms. The van der Waals surface area contributed by atoms with Crippen LogP contribution in [0.15, 0.2) is 12.5 Å². The summed E-state index contributed by atoms with van der Waals surface area (Å²) >= 11 is 6.07. The smallest absolute Gasteiger partial charge is 0.409 e. The van der Waals surface area contributed by atoms with Crippen molar-refractivity contribution in [3.8, 4) is 0 Å². The molecule has 2 aromatic heterocycles. The third kappa shape index (κ3) is 4.63. The lowest BCUT2D eigenvalue weighted by molar-refractivity contribution is -0.150. The average molecular weight is 573 g/mol. The number of nitrogens with one attached hydrogen (secondary N) is 1. The molecule has 12 nitrogen and oxygen atoms in total. The van der Waals surface area contributed by atoms with Gasteiger partial charge in [-0.3, -0.25) is 14.3 Å². The van der Waals surface area contributed by atoms with Crippen LogP contribution in [0.1, 0.15) is 64.1 Å². The Morgan fingerprint density at radius 2 is 1.77 bits per heavy atom. The molecule has 5 aliphatic rings. The fourth-order valence-electron chi connectivity index (χ4n) is 7.98. The van der Waals surface area contributed by atoms with Gasteiger partial charge in [0.05, 0.1) is 28.9 Å². The summed E-state index contributed by atoms with van der Waals surface area (Å²) in [5.41, 5.74) is 0.601. The van der Waals surface area contributed by atoms with Gasteiger partial charge in [-0.05, 0) is 82.7 Å². The monoisotopic (exact) mass is 572 g/mol. The second kappa shape index (κ2) is 10.0. The number of ether oxygens (including phenoxy) is 1. The van der Waals surface area contributed by atoms with Gasteiger partial charge in [0.2, 0.25) is 17.1 Å². The first kappa shape index (κ1) is 27.0. The Hall–Kier alpha value is -3.15. The van der Waals surface area contributed by atoms with Gasteiger partial charge in [0.15, 0.2) is 0 Å². The Labute approximate surface area is 238 Å². The maximum absolute atomic E-state index is 14.0. The Kier molecular flexibility index (Phi) is 6.79. The summed E-state index contributed by atoms with van der Waals surface area (Å²) in [6.07, 6.45) is 8.76. The SMILES string of the molecule is CCOC(=O)N1CCN(C(=O)C(C)n2cc(NC(=O)C34CC5CC(C3)CC(n3cnc(Cl)n3)(C5)C4)c(C)n2)CC1. The molecule has 3 amide bonds. The van der Waals surface area contributed by atoms with Crippen molar-refractivity contribution in [2.75, 3.05) is 38.1 Å². The minimum atomic E-state index is -0.543. The molecular formula is C27H37ClN8O4. The van der Waals surface area contributed by atoms with Crippen molar-refractivity contribution in [3.63, 3.8) is 0 Å². The van der Waals surface area contributed by atoms with Gasteiger partial charge in [-0.2, -0.15) is 5.10 Å². The number of piperazine rings is 1. The molecule has 3 heterocycles. The molecule has 1 saturated heterocycles. The van der Waals surface area contributed by atoms with Crippen molar-refractivity contribution >= 4 is 35.2 Å². The first-order chi connectivity index (χ1) is 19.1. The van der Waals surface area contributed by atoms with Crippen molar-refractivity contribution in [1.29, 1.82) is 0 Å². The Morgan fingerprint density at radius 1 is 1.10 bits per heavy atom. The molecule has 5 fully saturated rings. The highest BCUT2D eigenvalue weighted by Gasteiger charge is 2.61. The molecular weight excluding hydrogens is 536 g/mol. The van der Waals surface area contributed by atoms with Crippen LogP contribution in [0.3, 0.4) is 0 Å². The van der Waals surface area contributed by atoms with Gasteiger partial charge in [-0.25, -0.2) is 14.5 Å². The van der Waals surface area contributed by atoms with Crippen molar-refractivity contribution in [2.45, 2.75) is 70.9 Å². The molecule has 0 radical (unpaired) electrons. The van der Waals surface area contributed by atoms with Crippen LogP contribution in [0.4, 0.5) is 10.5 Å². The topological polar surface area (TPSA) is 127 Å². The summed E-state index contributed by atoms with van der Waals surface area (Å²) in [5, 5.41) is 12.5.